The number of ether oxygens (including phenoxy) is 1. The van der Waals surface area contributed by atoms with E-state index in [-0.39, 0.29) is 0 Å². The zero-order chi connectivity index (χ0) is 13.8. The zero-order valence-electron chi connectivity index (χ0n) is 12.5. The molecule has 106 valence electrons. The van der Waals surface area contributed by atoms with Crippen LogP contribution in [0, 0.1) is 5.92 Å². The Hall–Kier alpha value is -1.06. The smallest absolute Gasteiger partial charge is 0.124 e. The van der Waals surface area contributed by atoms with Crippen LogP contribution in [0.3, 0.4) is 0 Å². The molecular formula is C16H26N2O. The predicted octanol–water partition coefficient (Wildman–Crippen LogP) is 2.69. The Morgan fingerprint density at radius 1 is 1.32 bits per heavy atom. The standard InChI is InChI=1S/C16H26N2O/c1-12(2)15(18(3)4)11-17-14-9-10-19-16-8-6-5-7-13(14)16/h5-8,12,14-15,17H,9-11H2,1-4H3. The van der Waals surface area contributed by atoms with Crippen molar-refractivity contribution in [1.82, 2.24) is 10.2 Å². The summed E-state index contributed by atoms with van der Waals surface area (Å²) in [7, 11) is 4.31. The molecule has 0 radical (unpaired) electrons. The first kappa shape index (κ1) is 14.4. The highest BCUT2D eigenvalue weighted by molar-refractivity contribution is 5.37. The van der Waals surface area contributed by atoms with Gasteiger partial charge in [0, 0.05) is 30.6 Å². The summed E-state index contributed by atoms with van der Waals surface area (Å²) in [5.41, 5.74) is 1.30. The number of nitrogens with zero attached hydrogens (tertiary/aromatic N) is 1. The first-order chi connectivity index (χ1) is 9.09. The molecule has 2 unspecified atom stereocenters. The normalized spacial score (nSPS) is 20.2. The van der Waals surface area contributed by atoms with Gasteiger partial charge in [-0.2, -0.15) is 0 Å². The molecule has 0 fully saturated rings. The van der Waals surface area contributed by atoms with Crippen LogP contribution in [0.4, 0.5) is 0 Å². The minimum Gasteiger partial charge on any atom is -0.493 e. The van der Waals surface area contributed by atoms with Gasteiger partial charge in [0.15, 0.2) is 0 Å². The van der Waals surface area contributed by atoms with Crippen LogP contribution in [0.25, 0.3) is 0 Å². The van der Waals surface area contributed by atoms with Crippen LogP contribution in [0.1, 0.15) is 31.9 Å². The second-order valence-corrected chi connectivity index (χ2v) is 5.91. The third kappa shape index (κ3) is 3.48. The minimum absolute atomic E-state index is 0.422. The fourth-order valence-electron chi connectivity index (χ4n) is 2.83. The fourth-order valence-corrected chi connectivity index (χ4v) is 2.83. The SMILES string of the molecule is CC(C)C(CNC1CCOc2ccccc21)N(C)C. The molecule has 1 aromatic rings. The van der Waals surface area contributed by atoms with Crippen molar-refractivity contribution in [2.45, 2.75) is 32.4 Å². The number of benzene rings is 1. The minimum atomic E-state index is 0.422. The van der Waals surface area contributed by atoms with Gasteiger partial charge < -0.3 is 15.0 Å². The molecule has 0 saturated carbocycles. The molecule has 0 bridgehead atoms. The molecule has 1 heterocycles. The molecule has 1 aliphatic rings. The molecule has 0 aliphatic carbocycles. The van der Waals surface area contributed by atoms with Gasteiger partial charge in [-0.3, -0.25) is 0 Å². The molecule has 0 spiro atoms. The van der Waals surface area contributed by atoms with Crippen LogP contribution >= 0.6 is 0 Å². The van der Waals surface area contributed by atoms with Crippen molar-refractivity contribution >= 4 is 0 Å². The highest BCUT2D eigenvalue weighted by Gasteiger charge is 2.23. The van der Waals surface area contributed by atoms with E-state index in [4.69, 9.17) is 4.74 Å². The van der Waals surface area contributed by atoms with Crippen LogP contribution in [0.2, 0.25) is 0 Å². The van der Waals surface area contributed by atoms with E-state index < -0.39 is 0 Å². The summed E-state index contributed by atoms with van der Waals surface area (Å²) >= 11 is 0. The number of para-hydroxylation sites is 1. The van der Waals surface area contributed by atoms with Crippen molar-refractivity contribution in [3.63, 3.8) is 0 Å². The Bertz CT molecular complexity index is 395. The summed E-state index contributed by atoms with van der Waals surface area (Å²) in [4.78, 5) is 2.31. The van der Waals surface area contributed by atoms with Crippen LogP contribution in [-0.4, -0.2) is 38.2 Å². The van der Waals surface area contributed by atoms with E-state index in [0.29, 0.717) is 18.0 Å². The first-order valence-corrected chi connectivity index (χ1v) is 7.21. The summed E-state index contributed by atoms with van der Waals surface area (Å²) in [6, 6.07) is 9.36. The molecule has 1 aliphatic heterocycles. The van der Waals surface area contributed by atoms with Crippen molar-refractivity contribution in [1.29, 1.82) is 0 Å². The number of likely N-dealkylation sites (N-methyl/N-ethyl adjacent to an activating group) is 1. The average molecular weight is 262 g/mol. The maximum Gasteiger partial charge on any atom is 0.124 e. The topological polar surface area (TPSA) is 24.5 Å². The Balaban J connectivity index is 2.01. The van der Waals surface area contributed by atoms with Crippen LogP contribution in [0.15, 0.2) is 24.3 Å². The Labute approximate surface area is 116 Å². The highest BCUT2D eigenvalue weighted by atomic mass is 16.5. The molecule has 3 nitrogen and oxygen atoms in total. The summed E-state index contributed by atoms with van der Waals surface area (Å²) in [5, 5.41) is 3.72. The summed E-state index contributed by atoms with van der Waals surface area (Å²) in [5.74, 6) is 1.69. The second-order valence-electron chi connectivity index (χ2n) is 5.91. The highest BCUT2D eigenvalue weighted by Crippen LogP contribution is 2.31. The van der Waals surface area contributed by atoms with Gasteiger partial charge in [0.05, 0.1) is 6.61 Å². The molecule has 3 heteroatoms. The van der Waals surface area contributed by atoms with Crippen LogP contribution in [-0.2, 0) is 0 Å². The van der Waals surface area contributed by atoms with Gasteiger partial charge in [0.1, 0.15) is 5.75 Å². The molecule has 0 saturated heterocycles. The molecule has 2 atom stereocenters. The van der Waals surface area contributed by atoms with Gasteiger partial charge in [-0.25, -0.2) is 0 Å². The number of rotatable bonds is 5. The van der Waals surface area contributed by atoms with Gasteiger partial charge in [-0.1, -0.05) is 32.0 Å². The van der Waals surface area contributed by atoms with Crippen molar-refractivity contribution in [2.75, 3.05) is 27.2 Å². The molecule has 1 aromatic carbocycles. The molecular weight excluding hydrogens is 236 g/mol. The van der Waals surface area contributed by atoms with E-state index in [1.54, 1.807) is 0 Å². The van der Waals surface area contributed by atoms with Crippen molar-refractivity contribution in [2.24, 2.45) is 5.92 Å². The second kappa shape index (κ2) is 6.40. The lowest BCUT2D eigenvalue weighted by atomic mass is 9.98. The fraction of sp³-hybridized carbons (Fsp3) is 0.625. The average Bonchev–Trinajstić information content (AvgIpc) is 2.38. The number of hydrogen-bond acceptors (Lipinski definition) is 3. The van der Waals surface area contributed by atoms with Crippen LogP contribution < -0.4 is 10.1 Å². The molecule has 19 heavy (non-hydrogen) atoms. The van der Waals surface area contributed by atoms with Gasteiger partial charge in [0.2, 0.25) is 0 Å². The Kier molecular flexibility index (Phi) is 4.83. The molecule has 1 N–H and O–H groups in total. The number of hydrogen-bond donors (Lipinski definition) is 1. The third-order valence-electron chi connectivity index (χ3n) is 3.96. The summed E-state index contributed by atoms with van der Waals surface area (Å²) in [6.07, 6.45) is 1.05. The van der Waals surface area contributed by atoms with E-state index in [1.807, 2.05) is 6.07 Å². The number of fused-ring (bicyclic) bond motifs is 1. The maximum atomic E-state index is 5.70. The summed E-state index contributed by atoms with van der Waals surface area (Å²) in [6.45, 7) is 6.39. The van der Waals surface area contributed by atoms with Gasteiger partial charge in [-0.15, -0.1) is 0 Å². The molecule has 0 aromatic heterocycles. The van der Waals surface area contributed by atoms with Crippen molar-refractivity contribution < 1.29 is 4.74 Å². The lowest BCUT2D eigenvalue weighted by molar-refractivity contribution is 0.203. The number of nitrogens with one attached hydrogen (secondary N) is 1. The van der Waals surface area contributed by atoms with E-state index in [9.17, 15) is 0 Å². The van der Waals surface area contributed by atoms with Crippen molar-refractivity contribution in [3.8, 4) is 5.75 Å². The van der Waals surface area contributed by atoms with E-state index >= 15 is 0 Å². The molecule has 2 rings (SSSR count). The molecule has 0 amide bonds. The van der Waals surface area contributed by atoms with Crippen molar-refractivity contribution in [3.05, 3.63) is 29.8 Å². The van der Waals surface area contributed by atoms with Gasteiger partial charge in [0.25, 0.3) is 0 Å². The van der Waals surface area contributed by atoms with Gasteiger partial charge in [-0.05, 0) is 26.1 Å². The van der Waals surface area contributed by atoms with Gasteiger partial charge >= 0.3 is 0 Å². The quantitative estimate of drug-likeness (QED) is 0.883. The van der Waals surface area contributed by atoms with Crippen LogP contribution in [0.5, 0.6) is 5.75 Å². The summed E-state index contributed by atoms with van der Waals surface area (Å²) < 4.78 is 5.70. The Morgan fingerprint density at radius 2 is 2.05 bits per heavy atom. The predicted molar refractivity (Wildman–Crippen MR) is 79.6 cm³/mol. The zero-order valence-corrected chi connectivity index (χ0v) is 12.5. The van der Waals surface area contributed by atoms with E-state index in [1.165, 1.54) is 5.56 Å². The largest absolute Gasteiger partial charge is 0.493 e. The first-order valence-electron chi connectivity index (χ1n) is 7.21. The Morgan fingerprint density at radius 3 is 2.74 bits per heavy atom. The lowest BCUT2D eigenvalue weighted by Crippen LogP contribution is -2.43. The maximum absolute atomic E-state index is 5.70. The van der Waals surface area contributed by atoms with E-state index in [0.717, 1.165) is 25.3 Å². The lowest BCUT2D eigenvalue weighted by Gasteiger charge is -2.32. The third-order valence-corrected chi connectivity index (χ3v) is 3.96. The monoisotopic (exact) mass is 262 g/mol. The van der Waals surface area contributed by atoms with E-state index in [2.05, 4.69) is 56.4 Å².